The molecule has 1 aromatic carbocycles. The number of carbonyl (C=O) groups excluding carboxylic acids is 2. The zero-order chi connectivity index (χ0) is 32.8. The molecule has 42 heavy (non-hydrogen) atoms. The number of benzene rings is 1. The molecule has 0 saturated carbocycles. The fourth-order valence-corrected chi connectivity index (χ4v) is 5.69. The van der Waals surface area contributed by atoms with Crippen LogP contribution in [-0.4, -0.2) is 71.2 Å². The molecule has 240 valence electrons. The molecule has 3 atom stereocenters. The summed E-state index contributed by atoms with van der Waals surface area (Å²) in [6, 6.07) is 2.03. The van der Waals surface area contributed by atoms with Crippen LogP contribution in [0.1, 0.15) is 80.7 Å². The highest BCUT2D eigenvalue weighted by Crippen LogP contribution is 2.52. The molecular weight excluding hydrogens is 540 g/mol. The third-order valence-electron chi connectivity index (χ3n) is 9.25. The third-order valence-corrected chi connectivity index (χ3v) is 9.25. The molecule has 5 N–H and O–H groups in total. The summed E-state index contributed by atoms with van der Waals surface area (Å²) in [6.07, 6.45) is 0.940. The van der Waals surface area contributed by atoms with Crippen LogP contribution in [0.5, 0.6) is 11.5 Å². The van der Waals surface area contributed by atoms with Crippen LogP contribution < -0.4 is 11.1 Å². The molecule has 0 radical (unpaired) electrons. The van der Waals surface area contributed by atoms with Crippen LogP contribution in [0, 0.1) is 38.2 Å². The molecular formula is C31H54N4O7. The Balaban J connectivity index is 3.27. The van der Waals surface area contributed by atoms with Gasteiger partial charge in [-0.1, -0.05) is 48.5 Å². The summed E-state index contributed by atoms with van der Waals surface area (Å²) in [7, 11) is 3.82. The maximum absolute atomic E-state index is 13.7. The van der Waals surface area contributed by atoms with Crippen molar-refractivity contribution in [2.24, 2.45) is 33.8 Å². The van der Waals surface area contributed by atoms with Crippen molar-refractivity contribution in [1.82, 2.24) is 10.2 Å². The number of nitro groups is 1. The number of phenols is 2. The lowest BCUT2D eigenvalue weighted by atomic mass is 9.52. The van der Waals surface area contributed by atoms with E-state index in [1.165, 1.54) is 0 Å². The van der Waals surface area contributed by atoms with Gasteiger partial charge in [0, 0.05) is 29.6 Å². The number of esters is 1. The van der Waals surface area contributed by atoms with Crippen LogP contribution >= 0.6 is 0 Å². The number of amides is 1. The average Bonchev–Trinajstić information content (AvgIpc) is 2.84. The van der Waals surface area contributed by atoms with Crippen LogP contribution in [-0.2, 0) is 20.7 Å². The van der Waals surface area contributed by atoms with Crippen molar-refractivity contribution in [3.63, 3.8) is 0 Å². The van der Waals surface area contributed by atoms with Crippen molar-refractivity contribution < 1.29 is 29.5 Å². The van der Waals surface area contributed by atoms with E-state index >= 15 is 0 Å². The van der Waals surface area contributed by atoms with Crippen molar-refractivity contribution in [2.75, 3.05) is 33.8 Å². The van der Waals surface area contributed by atoms with Gasteiger partial charge in [0.05, 0.1) is 16.4 Å². The molecule has 0 saturated heterocycles. The second kappa shape index (κ2) is 14.0. The lowest BCUT2D eigenvalue weighted by molar-refractivity contribution is -0.385. The first-order chi connectivity index (χ1) is 19.0. The minimum Gasteiger partial charge on any atom is -0.504 e. The zero-order valence-electron chi connectivity index (χ0n) is 27.5. The number of likely N-dealkylation sites (N-methyl/N-ethyl adjacent to an activating group) is 1. The Hall–Kier alpha value is -2.92. The second-order valence-corrected chi connectivity index (χ2v) is 13.9. The van der Waals surface area contributed by atoms with Gasteiger partial charge in [0.1, 0.15) is 6.61 Å². The van der Waals surface area contributed by atoms with Crippen LogP contribution in [0.4, 0.5) is 5.69 Å². The Bertz CT molecular complexity index is 1120. The Labute approximate surface area is 251 Å². The summed E-state index contributed by atoms with van der Waals surface area (Å²) < 4.78 is 5.74. The minimum atomic E-state index is -1.07. The number of hydrogen-bond acceptors (Lipinski definition) is 9. The number of carbonyl (C=O) groups is 2. The molecule has 0 aromatic heterocycles. The van der Waals surface area contributed by atoms with Gasteiger partial charge in [0.2, 0.25) is 5.91 Å². The number of ether oxygens (including phenoxy) is 1. The first kappa shape index (κ1) is 37.1. The van der Waals surface area contributed by atoms with Gasteiger partial charge in [0.15, 0.2) is 11.5 Å². The number of nitrogens with two attached hydrogens (primary N) is 1. The Morgan fingerprint density at radius 1 is 1.07 bits per heavy atom. The van der Waals surface area contributed by atoms with Gasteiger partial charge >= 0.3 is 5.97 Å². The highest BCUT2D eigenvalue weighted by molar-refractivity contribution is 5.83. The summed E-state index contributed by atoms with van der Waals surface area (Å²) >= 11 is 0. The van der Waals surface area contributed by atoms with Gasteiger partial charge in [-0.15, -0.1) is 0 Å². The molecule has 0 fully saturated rings. The fourth-order valence-electron chi connectivity index (χ4n) is 5.69. The van der Waals surface area contributed by atoms with Crippen LogP contribution in [0.15, 0.2) is 12.1 Å². The van der Waals surface area contributed by atoms with E-state index in [0.29, 0.717) is 19.4 Å². The molecule has 0 aliphatic heterocycles. The molecule has 11 heteroatoms. The van der Waals surface area contributed by atoms with Gasteiger partial charge in [0.25, 0.3) is 5.69 Å². The average molecular weight is 595 g/mol. The molecule has 0 heterocycles. The predicted octanol–water partition coefficient (Wildman–Crippen LogP) is 4.62. The highest BCUT2D eigenvalue weighted by atomic mass is 16.6. The summed E-state index contributed by atoms with van der Waals surface area (Å²) in [5.74, 6) is -1.60. The Morgan fingerprint density at radius 3 is 2.10 bits per heavy atom. The van der Waals surface area contributed by atoms with Crippen molar-refractivity contribution >= 4 is 17.6 Å². The van der Waals surface area contributed by atoms with E-state index in [4.69, 9.17) is 10.5 Å². The topological polar surface area (TPSA) is 168 Å². The molecule has 0 aliphatic carbocycles. The van der Waals surface area contributed by atoms with Gasteiger partial charge in [-0.25, -0.2) is 0 Å². The number of phenolic OH excluding ortho intramolecular Hbond substituents is 2. The normalized spacial score (nSPS) is 16.5. The summed E-state index contributed by atoms with van der Waals surface area (Å²) in [5.41, 5.74) is 3.29. The molecule has 11 nitrogen and oxygen atoms in total. The molecule has 1 aromatic rings. The quantitative estimate of drug-likeness (QED) is 0.0923. The van der Waals surface area contributed by atoms with Crippen LogP contribution in [0.25, 0.3) is 0 Å². The smallest absolute Gasteiger partial charge is 0.313 e. The summed E-state index contributed by atoms with van der Waals surface area (Å²) in [6.45, 7) is 18.5. The van der Waals surface area contributed by atoms with Crippen molar-refractivity contribution in [3.05, 3.63) is 27.8 Å². The molecule has 3 unspecified atom stereocenters. The van der Waals surface area contributed by atoms with E-state index in [2.05, 4.69) is 5.32 Å². The van der Waals surface area contributed by atoms with E-state index in [9.17, 15) is 29.9 Å². The SMILES string of the molecule is CC(C)CC(C)(C(=O)OCCN(C)C)C(C)(N)C(C)(C)CC(C)(C(=O)NCCc1cc(O)c(O)cc1[N+](=O)[O-])C(C)C. The number of nitrogens with one attached hydrogen (secondary N) is 1. The summed E-state index contributed by atoms with van der Waals surface area (Å²) in [4.78, 5) is 40.1. The van der Waals surface area contributed by atoms with Gasteiger partial charge in [-0.05, 0) is 70.5 Å². The van der Waals surface area contributed by atoms with Crippen molar-refractivity contribution in [3.8, 4) is 11.5 Å². The fraction of sp³-hybridized carbons (Fsp3) is 0.742. The largest absolute Gasteiger partial charge is 0.504 e. The Kier molecular flexibility index (Phi) is 12.4. The van der Waals surface area contributed by atoms with E-state index in [1.54, 1.807) is 0 Å². The van der Waals surface area contributed by atoms with Gasteiger partial charge in [-0.2, -0.15) is 0 Å². The summed E-state index contributed by atoms with van der Waals surface area (Å²) in [5, 5.41) is 33.9. The lowest BCUT2D eigenvalue weighted by Gasteiger charge is -2.54. The molecule has 0 aliphatic rings. The van der Waals surface area contributed by atoms with Gasteiger partial charge in [-0.3, -0.25) is 19.7 Å². The van der Waals surface area contributed by atoms with Gasteiger partial charge < -0.3 is 30.9 Å². The van der Waals surface area contributed by atoms with Crippen LogP contribution in [0.2, 0.25) is 0 Å². The first-order valence-electron chi connectivity index (χ1n) is 14.6. The number of nitro benzene ring substituents is 1. The maximum atomic E-state index is 13.7. The second-order valence-electron chi connectivity index (χ2n) is 13.9. The third kappa shape index (κ3) is 8.34. The van der Waals surface area contributed by atoms with Crippen LogP contribution in [0.3, 0.4) is 0 Å². The Morgan fingerprint density at radius 2 is 1.62 bits per heavy atom. The molecule has 0 spiro atoms. The molecule has 1 amide bonds. The minimum absolute atomic E-state index is 0.0767. The lowest BCUT2D eigenvalue weighted by Crippen LogP contribution is -2.66. The molecule has 0 bridgehead atoms. The monoisotopic (exact) mass is 594 g/mol. The van der Waals surface area contributed by atoms with E-state index in [1.807, 2.05) is 81.3 Å². The number of nitrogens with zero attached hydrogens (tertiary/aromatic N) is 2. The standard InChI is InChI=1S/C31H54N4O7/c1-20(2)18-30(8,27(39)42-15-14-34(10)11)31(9,32)28(5,6)19-29(7,21(3)4)26(38)33-13-12-22-16-24(36)25(37)17-23(22)35(40)41/h16-17,20-21,36-37H,12-15,18-19,32H2,1-11H3,(H,33,38). The van der Waals surface area contributed by atoms with Crippen molar-refractivity contribution in [1.29, 1.82) is 0 Å². The first-order valence-corrected chi connectivity index (χ1v) is 14.6. The van der Waals surface area contributed by atoms with E-state index in [0.717, 1.165) is 12.1 Å². The highest BCUT2D eigenvalue weighted by Gasteiger charge is 2.58. The van der Waals surface area contributed by atoms with E-state index < -0.39 is 38.2 Å². The number of aromatic hydroxyl groups is 2. The maximum Gasteiger partial charge on any atom is 0.313 e. The van der Waals surface area contributed by atoms with E-state index in [-0.39, 0.29) is 54.5 Å². The predicted molar refractivity (Wildman–Crippen MR) is 164 cm³/mol. The zero-order valence-corrected chi connectivity index (χ0v) is 27.5. The number of rotatable bonds is 16. The molecule has 1 rings (SSSR count). The number of hydrogen-bond donors (Lipinski definition) is 4. The van der Waals surface area contributed by atoms with Crippen molar-refractivity contribution in [2.45, 2.75) is 87.1 Å².